The van der Waals surface area contributed by atoms with E-state index in [1.54, 1.807) is 18.2 Å². The molecular weight excluding hydrogens is 304 g/mol. The van der Waals surface area contributed by atoms with Crippen LogP contribution in [0.2, 0.25) is 0 Å². The molecular formula is C18H18N4O2. The summed E-state index contributed by atoms with van der Waals surface area (Å²) in [7, 11) is 0. The maximum Gasteiger partial charge on any atom is 0.335 e. The number of carbonyl (C=O) groups is 1. The Morgan fingerprint density at radius 2 is 2.25 bits per heavy atom. The normalized spacial score (nSPS) is 17.2. The molecule has 2 heterocycles. The van der Waals surface area contributed by atoms with Gasteiger partial charge >= 0.3 is 5.97 Å². The van der Waals surface area contributed by atoms with Gasteiger partial charge < -0.3 is 16.2 Å². The summed E-state index contributed by atoms with van der Waals surface area (Å²) < 4.78 is 0. The van der Waals surface area contributed by atoms with E-state index in [-0.39, 0.29) is 17.3 Å². The molecule has 6 nitrogen and oxygen atoms in total. The number of nitrogens with two attached hydrogens (primary N) is 1. The van der Waals surface area contributed by atoms with Crippen LogP contribution in [0.15, 0.2) is 30.3 Å². The van der Waals surface area contributed by atoms with Crippen molar-refractivity contribution in [3.05, 3.63) is 47.0 Å². The SMILES string of the molecule is N#Cc1c(C2CCCNC2)cc(-c2cccc(C(=O)O)c2)nc1N. The Morgan fingerprint density at radius 1 is 1.42 bits per heavy atom. The lowest BCUT2D eigenvalue weighted by molar-refractivity contribution is 0.0697. The summed E-state index contributed by atoms with van der Waals surface area (Å²) in [5, 5.41) is 21.9. The van der Waals surface area contributed by atoms with E-state index < -0.39 is 5.97 Å². The molecule has 3 rings (SSSR count). The lowest BCUT2D eigenvalue weighted by Crippen LogP contribution is -2.29. The summed E-state index contributed by atoms with van der Waals surface area (Å²) in [4.78, 5) is 15.5. The maximum absolute atomic E-state index is 11.2. The molecule has 122 valence electrons. The van der Waals surface area contributed by atoms with Crippen molar-refractivity contribution < 1.29 is 9.90 Å². The third-order valence-electron chi connectivity index (χ3n) is 4.33. The second kappa shape index (κ2) is 6.69. The molecule has 24 heavy (non-hydrogen) atoms. The van der Waals surface area contributed by atoms with E-state index in [9.17, 15) is 10.1 Å². The first-order valence-corrected chi connectivity index (χ1v) is 7.85. The van der Waals surface area contributed by atoms with Crippen molar-refractivity contribution in [2.75, 3.05) is 18.8 Å². The second-order valence-corrected chi connectivity index (χ2v) is 5.90. The number of aromatic nitrogens is 1. The number of aromatic carboxylic acids is 1. The lowest BCUT2D eigenvalue weighted by atomic mass is 9.88. The first-order chi connectivity index (χ1) is 11.6. The first kappa shape index (κ1) is 16.0. The van der Waals surface area contributed by atoms with Gasteiger partial charge in [0.25, 0.3) is 0 Å². The number of rotatable bonds is 3. The molecule has 0 amide bonds. The fourth-order valence-electron chi connectivity index (χ4n) is 3.11. The number of piperidine rings is 1. The van der Waals surface area contributed by atoms with Crippen LogP contribution in [-0.2, 0) is 0 Å². The molecule has 1 saturated heterocycles. The van der Waals surface area contributed by atoms with Crippen molar-refractivity contribution in [2.24, 2.45) is 0 Å². The Balaban J connectivity index is 2.09. The van der Waals surface area contributed by atoms with E-state index in [1.165, 1.54) is 6.07 Å². The molecule has 1 atom stereocenters. The first-order valence-electron chi connectivity index (χ1n) is 7.85. The minimum Gasteiger partial charge on any atom is -0.478 e. The van der Waals surface area contributed by atoms with E-state index in [4.69, 9.17) is 10.8 Å². The van der Waals surface area contributed by atoms with Crippen LogP contribution >= 0.6 is 0 Å². The van der Waals surface area contributed by atoms with Gasteiger partial charge in [0, 0.05) is 12.1 Å². The molecule has 0 spiro atoms. The van der Waals surface area contributed by atoms with Crippen molar-refractivity contribution in [3.63, 3.8) is 0 Å². The summed E-state index contributed by atoms with van der Waals surface area (Å²) in [5.41, 5.74) is 8.77. The topological polar surface area (TPSA) is 112 Å². The maximum atomic E-state index is 11.2. The largest absolute Gasteiger partial charge is 0.478 e. The molecule has 1 unspecified atom stereocenters. The highest BCUT2D eigenvalue weighted by Gasteiger charge is 2.22. The smallest absolute Gasteiger partial charge is 0.335 e. The Morgan fingerprint density at radius 3 is 2.92 bits per heavy atom. The van der Waals surface area contributed by atoms with Crippen LogP contribution < -0.4 is 11.1 Å². The van der Waals surface area contributed by atoms with Gasteiger partial charge in [-0.2, -0.15) is 5.26 Å². The standard InChI is InChI=1S/C18H18N4O2/c19-9-15-14(13-5-2-6-21-10-13)8-16(22-17(15)20)11-3-1-4-12(7-11)18(23)24/h1,3-4,7-8,13,21H,2,5-6,10H2,(H2,20,22)(H,23,24). The van der Waals surface area contributed by atoms with Crippen molar-refractivity contribution in [2.45, 2.75) is 18.8 Å². The molecule has 1 aromatic carbocycles. The highest BCUT2D eigenvalue weighted by molar-refractivity contribution is 5.89. The molecule has 2 aromatic rings. The Bertz CT molecular complexity index is 820. The number of carboxylic acid groups (broad SMARTS) is 1. The number of nitriles is 1. The zero-order chi connectivity index (χ0) is 17.1. The third-order valence-corrected chi connectivity index (χ3v) is 4.33. The van der Waals surface area contributed by atoms with Gasteiger partial charge in [-0.25, -0.2) is 9.78 Å². The number of pyridine rings is 1. The molecule has 1 aromatic heterocycles. The molecule has 0 bridgehead atoms. The fourth-order valence-corrected chi connectivity index (χ4v) is 3.11. The highest BCUT2D eigenvalue weighted by Crippen LogP contribution is 2.32. The minimum absolute atomic E-state index is 0.191. The van der Waals surface area contributed by atoms with Gasteiger partial charge in [-0.1, -0.05) is 12.1 Å². The number of hydrogen-bond donors (Lipinski definition) is 3. The van der Waals surface area contributed by atoms with E-state index in [0.29, 0.717) is 16.8 Å². The summed E-state index contributed by atoms with van der Waals surface area (Å²) in [6, 6.07) is 10.6. The van der Waals surface area contributed by atoms with Crippen LogP contribution in [0.5, 0.6) is 0 Å². The number of anilines is 1. The number of nitrogens with one attached hydrogen (secondary N) is 1. The molecule has 1 aliphatic heterocycles. The number of benzene rings is 1. The lowest BCUT2D eigenvalue weighted by Gasteiger charge is -2.24. The third kappa shape index (κ3) is 3.07. The van der Waals surface area contributed by atoms with Gasteiger partial charge in [-0.3, -0.25) is 0 Å². The number of nitrogen functional groups attached to an aromatic ring is 1. The van der Waals surface area contributed by atoms with Crippen LogP contribution in [0.1, 0.15) is 40.2 Å². The van der Waals surface area contributed by atoms with Gasteiger partial charge in [-0.15, -0.1) is 0 Å². The van der Waals surface area contributed by atoms with E-state index in [0.717, 1.165) is 31.5 Å². The second-order valence-electron chi connectivity index (χ2n) is 5.90. The molecule has 1 aliphatic rings. The van der Waals surface area contributed by atoms with Crippen molar-refractivity contribution in [3.8, 4) is 17.3 Å². The Kier molecular flexibility index (Phi) is 4.45. The van der Waals surface area contributed by atoms with Crippen LogP contribution in [0.4, 0.5) is 5.82 Å². The van der Waals surface area contributed by atoms with Crippen LogP contribution in [0.3, 0.4) is 0 Å². The van der Waals surface area contributed by atoms with E-state index >= 15 is 0 Å². The average Bonchev–Trinajstić information content (AvgIpc) is 2.62. The summed E-state index contributed by atoms with van der Waals surface area (Å²) in [6.07, 6.45) is 2.03. The molecule has 0 aliphatic carbocycles. The highest BCUT2D eigenvalue weighted by atomic mass is 16.4. The predicted molar refractivity (Wildman–Crippen MR) is 90.6 cm³/mol. The van der Waals surface area contributed by atoms with Crippen LogP contribution in [-0.4, -0.2) is 29.1 Å². The van der Waals surface area contributed by atoms with Gasteiger partial charge in [0.15, 0.2) is 0 Å². The number of hydrogen-bond acceptors (Lipinski definition) is 5. The van der Waals surface area contributed by atoms with Gasteiger partial charge in [0.1, 0.15) is 11.9 Å². The quantitative estimate of drug-likeness (QED) is 0.800. The Labute approximate surface area is 139 Å². The molecule has 0 radical (unpaired) electrons. The minimum atomic E-state index is -0.991. The monoisotopic (exact) mass is 322 g/mol. The van der Waals surface area contributed by atoms with Crippen molar-refractivity contribution >= 4 is 11.8 Å². The van der Waals surface area contributed by atoms with Gasteiger partial charge in [0.2, 0.25) is 0 Å². The van der Waals surface area contributed by atoms with Crippen LogP contribution in [0.25, 0.3) is 11.3 Å². The zero-order valence-electron chi connectivity index (χ0n) is 13.1. The number of carboxylic acids is 1. The van der Waals surface area contributed by atoms with Gasteiger partial charge in [-0.05, 0) is 49.1 Å². The summed E-state index contributed by atoms with van der Waals surface area (Å²) in [5.74, 6) is -0.591. The summed E-state index contributed by atoms with van der Waals surface area (Å²) in [6.45, 7) is 1.78. The van der Waals surface area contributed by atoms with Gasteiger partial charge in [0.05, 0.1) is 16.8 Å². The zero-order valence-corrected chi connectivity index (χ0v) is 13.1. The van der Waals surface area contributed by atoms with E-state index in [2.05, 4.69) is 16.4 Å². The molecule has 4 N–H and O–H groups in total. The Hall–Kier alpha value is -2.91. The fraction of sp³-hybridized carbons (Fsp3) is 0.278. The van der Waals surface area contributed by atoms with Crippen molar-refractivity contribution in [1.82, 2.24) is 10.3 Å². The van der Waals surface area contributed by atoms with Crippen molar-refractivity contribution in [1.29, 1.82) is 5.26 Å². The molecule has 6 heteroatoms. The number of nitrogens with zero attached hydrogens (tertiary/aromatic N) is 2. The predicted octanol–water partition coefficient (Wildman–Crippen LogP) is 2.37. The molecule has 0 saturated carbocycles. The van der Waals surface area contributed by atoms with E-state index in [1.807, 2.05) is 6.07 Å². The summed E-state index contributed by atoms with van der Waals surface area (Å²) >= 11 is 0. The molecule has 1 fully saturated rings. The average molecular weight is 322 g/mol. The van der Waals surface area contributed by atoms with Crippen LogP contribution in [0, 0.1) is 11.3 Å².